The Morgan fingerprint density at radius 2 is 1.67 bits per heavy atom. The standard InChI is InChI=1S/C19H19NO4/c1-13(2)24-17-11-7-6-10-15(17)12-16(19(22)23)20-18(21)14-8-4-3-5-9-14/h3-13H,1-2H3,(H,20,21)(H,22,23). The van der Waals surface area contributed by atoms with Gasteiger partial charge < -0.3 is 15.2 Å². The Morgan fingerprint density at radius 3 is 2.29 bits per heavy atom. The number of carboxylic acids is 1. The predicted octanol–water partition coefficient (Wildman–Crippen LogP) is 3.33. The van der Waals surface area contributed by atoms with Crippen LogP contribution in [0.5, 0.6) is 5.75 Å². The van der Waals surface area contributed by atoms with Gasteiger partial charge in [-0.05, 0) is 38.1 Å². The van der Waals surface area contributed by atoms with Gasteiger partial charge >= 0.3 is 5.97 Å². The van der Waals surface area contributed by atoms with Crippen molar-refractivity contribution in [2.75, 3.05) is 0 Å². The molecule has 0 heterocycles. The second kappa shape index (κ2) is 7.97. The molecule has 2 N–H and O–H groups in total. The molecule has 2 rings (SSSR count). The molecule has 5 heteroatoms. The van der Waals surface area contributed by atoms with Crippen LogP contribution in [0.4, 0.5) is 0 Å². The average molecular weight is 325 g/mol. The van der Waals surface area contributed by atoms with Gasteiger partial charge in [0.25, 0.3) is 5.91 Å². The summed E-state index contributed by atoms with van der Waals surface area (Å²) in [5.74, 6) is -1.15. The van der Waals surface area contributed by atoms with Crippen LogP contribution in [0.3, 0.4) is 0 Å². The number of amides is 1. The average Bonchev–Trinajstić information content (AvgIpc) is 2.56. The number of ether oxygens (including phenoxy) is 1. The summed E-state index contributed by atoms with van der Waals surface area (Å²) in [5.41, 5.74) is 0.747. The molecular formula is C19H19NO4. The number of carbonyl (C=O) groups is 2. The van der Waals surface area contributed by atoms with Crippen LogP contribution in [0, 0.1) is 0 Å². The van der Waals surface area contributed by atoms with E-state index in [9.17, 15) is 14.7 Å². The lowest BCUT2D eigenvalue weighted by Gasteiger charge is -2.13. The van der Waals surface area contributed by atoms with E-state index in [0.717, 1.165) is 0 Å². The molecule has 0 spiro atoms. The zero-order valence-corrected chi connectivity index (χ0v) is 13.5. The lowest BCUT2D eigenvalue weighted by atomic mass is 10.1. The highest BCUT2D eigenvalue weighted by Crippen LogP contribution is 2.22. The van der Waals surface area contributed by atoms with E-state index < -0.39 is 11.9 Å². The highest BCUT2D eigenvalue weighted by Gasteiger charge is 2.14. The molecule has 0 unspecified atom stereocenters. The van der Waals surface area contributed by atoms with Crippen LogP contribution in [0.15, 0.2) is 60.3 Å². The third-order valence-electron chi connectivity index (χ3n) is 3.10. The Bertz CT molecular complexity index is 751. The summed E-state index contributed by atoms with van der Waals surface area (Å²) in [6, 6.07) is 15.5. The molecule has 0 aliphatic rings. The molecule has 124 valence electrons. The first-order chi connectivity index (χ1) is 11.5. The van der Waals surface area contributed by atoms with E-state index in [4.69, 9.17) is 4.74 Å². The lowest BCUT2D eigenvalue weighted by molar-refractivity contribution is -0.132. The summed E-state index contributed by atoms with van der Waals surface area (Å²) in [6.45, 7) is 3.77. The van der Waals surface area contributed by atoms with Crippen molar-refractivity contribution in [3.05, 3.63) is 71.4 Å². The molecule has 0 bridgehead atoms. The highest BCUT2D eigenvalue weighted by atomic mass is 16.5. The first kappa shape index (κ1) is 17.3. The minimum atomic E-state index is -1.22. The number of hydrogen-bond acceptors (Lipinski definition) is 3. The molecule has 0 radical (unpaired) electrons. The molecule has 0 aliphatic carbocycles. The number of aliphatic carboxylic acids is 1. The molecule has 2 aromatic rings. The van der Waals surface area contributed by atoms with E-state index in [2.05, 4.69) is 5.32 Å². The Kier molecular flexibility index (Phi) is 5.73. The Morgan fingerprint density at radius 1 is 1.04 bits per heavy atom. The van der Waals surface area contributed by atoms with Crippen molar-refractivity contribution < 1.29 is 19.4 Å². The largest absolute Gasteiger partial charge is 0.490 e. The third-order valence-corrected chi connectivity index (χ3v) is 3.10. The zero-order chi connectivity index (χ0) is 17.5. The molecular weight excluding hydrogens is 306 g/mol. The van der Waals surface area contributed by atoms with Gasteiger partial charge in [-0.3, -0.25) is 4.79 Å². The van der Waals surface area contributed by atoms with Crippen molar-refractivity contribution in [1.29, 1.82) is 0 Å². The second-order valence-corrected chi connectivity index (χ2v) is 5.39. The monoisotopic (exact) mass is 325 g/mol. The number of rotatable bonds is 6. The van der Waals surface area contributed by atoms with Crippen molar-refractivity contribution in [2.45, 2.75) is 20.0 Å². The normalized spacial score (nSPS) is 11.2. The fourth-order valence-electron chi connectivity index (χ4n) is 2.05. The van der Waals surface area contributed by atoms with E-state index in [1.54, 1.807) is 54.6 Å². The number of para-hydroxylation sites is 1. The van der Waals surface area contributed by atoms with Crippen molar-refractivity contribution >= 4 is 18.0 Å². The van der Waals surface area contributed by atoms with Gasteiger partial charge in [-0.1, -0.05) is 36.4 Å². The number of hydrogen-bond donors (Lipinski definition) is 2. The van der Waals surface area contributed by atoms with E-state index in [1.165, 1.54) is 6.08 Å². The number of nitrogens with one attached hydrogen (secondary N) is 1. The molecule has 5 nitrogen and oxygen atoms in total. The predicted molar refractivity (Wildman–Crippen MR) is 91.7 cm³/mol. The van der Waals surface area contributed by atoms with Crippen molar-refractivity contribution in [1.82, 2.24) is 5.32 Å². The van der Waals surface area contributed by atoms with E-state index >= 15 is 0 Å². The van der Waals surface area contributed by atoms with Gasteiger partial charge in [0, 0.05) is 11.1 Å². The Hall–Kier alpha value is -3.08. The number of carboxylic acid groups (broad SMARTS) is 1. The van der Waals surface area contributed by atoms with Crippen LogP contribution in [0.1, 0.15) is 29.8 Å². The van der Waals surface area contributed by atoms with Gasteiger partial charge in [-0.2, -0.15) is 0 Å². The maximum absolute atomic E-state index is 12.2. The molecule has 0 atom stereocenters. The van der Waals surface area contributed by atoms with Crippen molar-refractivity contribution in [2.24, 2.45) is 0 Å². The second-order valence-electron chi connectivity index (χ2n) is 5.39. The van der Waals surface area contributed by atoms with Gasteiger partial charge in [0.15, 0.2) is 0 Å². The number of benzene rings is 2. The van der Waals surface area contributed by atoms with E-state index in [-0.39, 0.29) is 11.8 Å². The SMILES string of the molecule is CC(C)Oc1ccccc1C=C(NC(=O)c1ccccc1)C(=O)O. The topological polar surface area (TPSA) is 75.6 Å². The van der Waals surface area contributed by atoms with Gasteiger partial charge in [-0.25, -0.2) is 4.79 Å². The molecule has 0 saturated carbocycles. The summed E-state index contributed by atoms with van der Waals surface area (Å²) < 4.78 is 5.67. The summed E-state index contributed by atoms with van der Waals surface area (Å²) in [7, 11) is 0. The third kappa shape index (κ3) is 4.71. The van der Waals surface area contributed by atoms with Crippen LogP contribution in [-0.2, 0) is 4.79 Å². The van der Waals surface area contributed by atoms with E-state index in [1.807, 2.05) is 13.8 Å². The molecule has 0 aliphatic heterocycles. The first-order valence-electron chi connectivity index (χ1n) is 7.54. The first-order valence-corrected chi connectivity index (χ1v) is 7.54. The summed E-state index contributed by atoms with van der Waals surface area (Å²) in [6.07, 6.45) is 1.34. The lowest BCUT2D eigenvalue weighted by Crippen LogP contribution is -2.27. The molecule has 1 amide bonds. The minimum absolute atomic E-state index is 0.0493. The fraction of sp³-hybridized carbons (Fsp3) is 0.158. The maximum Gasteiger partial charge on any atom is 0.352 e. The van der Waals surface area contributed by atoms with Crippen LogP contribution in [0.2, 0.25) is 0 Å². The zero-order valence-electron chi connectivity index (χ0n) is 13.5. The number of carbonyl (C=O) groups excluding carboxylic acids is 1. The van der Waals surface area contributed by atoms with Gasteiger partial charge in [0.05, 0.1) is 6.10 Å². The summed E-state index contributed by atoms with van der Waals surface area (Å²) in [5, 5.41) is 11.8. The molecule has 0 fully saturated rings. The quantitative estimate of drug-likeness (QED) is 0.799. The Balaban J connectivity index is 2.30. The van der Waals surface area contributed by atoms with Gasteiger partial charge in [0.1, 0.15) is 11.4 Å². The van der Waals surface area contributed by atoms with Crippen molar-refractivity contribution in [3.8, 4) is 5.75 Å². The molecule has 24 heavy (non-hydrogen) atoms. The van der Waals surface area contributed by atoms with Gasteiger partial charge in [0.2, 0.25) is 0 Å². The molecule has 0 aromatic heterocycles. The van der Waals surface area contributed by atoms with Crippen LogP contribution >= 0.6 is 0 Å². The van der Waals surface area contributed by atoms with Crippen LogP contribution in [0.25, 0.3) is 6.08 Å². The smallest absolute Gasteiger partial charge is 0.352 e. The molecule has 0 saturated heterocycles. The maximum atomic E-state index is 12.2. The van der Waals surface area contributed by atoms with Gasteiger partial charge in [-0.15, -0.1) is 0 Å². The molecule has 2 aromatic carbocycles. The van der Waals surface area contributed by atoms with E-state index in [0.29, 0.717) is 16.9 Å². The minimum Gasteiger partial charge on any atom is -0.490 e. The summed E-state index contributed by atoms with van der Waals surface area (Å²) >= 11 is 0. The Labute approximate surface area is 140 Å². The van der Waals surface area contributed by atoms with Crippen LogP contribution < -0.4 is 10.1 Å². The van der Waals surface area contributed by atoms with Crippen LogP contribution in [-0.4, -0.2) is 23.1 Å². The summed E-state index contributed by atoms with van der Waals surface area (Å²) in [4.78, 5) is 23.6. The van der Waals surface area contributed by atoms with Crippen molar-refractivity contribution in [3.63, 3.8) is 0 Å². The fourth-order valence-corrected chi connectivity index (χ4v) is 2.05. The highest BCUT2D eigenvalue weighted by molar-refractivity contribution is 6.02.